The van der Waals surface area contributed by atoms with Crippen molar-refractivity contribution in [3.8, 4) is 11.8 Å². The van der Waals surface area contributed by atoms with E-state index >= 15 is 0 Å². The smallest absolute Gasteiger partial charge is 0.326 e. The lowest BCUT2D eigenvalue weighted by Crippen LogP contribution is -2.33. The zero-order valence-corrected chi connectivity index (χ0v) is 15.5. The van der Waals surface area contributed by atoms with Crippen LogP contribution in [0.2, 0.25) is 0 Å². The van der Waals surface area contributed by atoms with Crippen LogP contribution in [-0.2, 0) is 17.6 Å². The molecule has 1 saturated heterocycles. The number of aliphatic hydroxyl groups is 3. The Morgan fingerprint density at radius 2 is 2.00 bits per heavy atom. The standard InChI is InChI=1S/C19H21N5O5/c20-16-13-17(24(8-21-13)18-15(27)14(26)12(7-25)29-18)23-19(22-16)28-11-5-4-9-2-1-3-10(9)6-11/h4-6,8,12,14-15,18,25-27H,1-3,7H2,(H2,20,22,23)/t12-,14-,15-,18-/m1/s1. The topological polar surface area (TPSA) is 149 Å². The fraction of sp³-hybridized carbons (Fsp3) is 0.421. The van der Waals surface area contributed by atoms with Gasteiger partial charge in [-0.05, 0) is 42.5 Å². The summed E-state index contributed by atoms with van der Waals surface area (Å²) in [5.74, 6) is 0.736. The molecular formula is C19H21N5O5. The van der Waals surface area contributed by atoms with Crippen molar-refractivity contribution in [2.45, 2.75) is 43.8 Å². The summed E-state index contributed by atoms with van der Waals surface area (Å²) >= 11 is 0. The highest BCUT2D eigenvalue weighted by Gasteiger charge is 2.44. The first-order valence-electron chi connectivity index (χ1n) is 9.47. The van der Waals surface area contributed by atoms with Gasteiger partial charge in [0.25, 0.3) is 0 Å². The molecule has 0 unspecified atom stereocenters. The van der Waals surface area contributed by atoms with Gasteiger partial charge in [0, 0.05) is 0 Å². The third kappa shape index (κ3) is 3.01. The monoisotopic (exact) mass is 399 g/mol. The van der Waals surface area contributed by atoms with E-state index in [1.54, 1.807) is 0 Å². The molecule has 152 valence electrons. The summed E-state index contributed by atoms with van der Waals surface area (Å²) < 4.78 is 12.9. The number of aliphatic hydroxyl groups excluding tert-OH is 3. The molecule has 29 heavy (non-hydrogen) atoms. The summed E-state index contributed by atoms with van der Waals surface area (Å²) in [6.45, 7) is -0.425. The Morgan fingerprint density at radius 1 is 1.17 bits per heavy atom. The van der Waals surface area contributed by atoms with Gasteiger partial charge in [-0.15, -0.1) is 0 Å². The number of nitrogen functional groups attached to an aromatic ring is 1. The predicted octanol–water partition coefficient (Wildman–Crippen LogP) is 0.301. The normalized spacial score (nSPS) is 26.2. The van der Waals surface area contributed by atoms with Gasteiger partial charge in [0.2, 0.25) is 0 Å². The summed E-state index contributed by atoms with van der Waals surface area (Å²) in [6, 6.07) is 5.94. The molecule has 0 radical (unpaired) electrons. The zero-order chi connectivity index (χ0) is 20.1. The quantitative estimate of drug-likeness (QED) is 0.486. The third-order valence-electron chi connectivity index (χ3n) is 5.50. The van der Waals surface area contributed by atoms with Gasteiger partial charge in [-0.3, -0.25) is 4.57 Å². The molecule has 5 rings (SSSR count). The summed E-state index contributed by atoms with van der Waals surface area (Å²) in [7, 11) is 0. The molecule has 3 heterocycles. The van der Waals surface area contributed by atoms with E-state index in [1.807, 2.05) is 18.2 Å². The van der Waals surface area contributed by atoms with Crippen molar-refractivity contribution in [1.29, 1.82) is 0 Å². The maximum absolute atomic E-state index is 10.3. The second-order valence-corrected chi connectivity index (χ2v) is 7.33. The lowest BCUT2D eigenvalue weighted by atomic mass is 10.1. The van der Waals surface area contributed by atoms with Crippen LogP contribution in [0.1, 0.15) is 23.8 Å². The molecule has 3 aromatic rings. The SMILES string of the molecule is Nc1nc(Oc2ccc3c(c2)CCC3)nc2c1ncn2[C@@H]1O[C@H](CO)[C@@H](O)[C@H]1O. The van der Waals surface area contributed by atoms with Crippen molar-refractivity contribution in [2.24, 2.45) is 0 Å². The van der Waals surface area contributed by atoms with Gasteiger partial charge in [-0.1, -0.05) is 6.07 Å². The van der Waals surface area contributed by atoms with Crippen molar-refractivity contribution in [2.75, 3.05) is 12.3 Å². The number of fused-ring (bicyclic) bond motifs is 2. The number of benzene rings is 1. The van der Waals surface area contributed by atoms with Gasteiger partial charge in [0.1, 0.15) is 24.1 Å². The molecule has 2 aromatic heterocycles. The maximum Gasteiger partial charge on any atom is 0.326 e. The largest absolute Gasteiger partial charge is 0.424 e. The van der Waals surface area contributed by atoms with E-state index < -0.39 is 31.1 Å². The highest BCUT2D eigenvalue weighted by Crippen LogP contribution is 2.33. The molecule has 5 N–H and O–H groups in total. The molecule has 1 aliphatic carbocycles. The Hall–Kier alpha value is -2.79. The second-order valence-electron chi connectivity index (χ2n) is 7.33. The number of hydrogen-bond donors (Lipinski definition) is 4. The van der Waals surface area contributed by atoms with E-state index in [9.17, 15) is 15.3 Å². The molecule has 2 aliphatic rings. The fourth-order valence-corrected chi connectivity index (χ4v) is 3.98. The van der Waals surface area contributed by atoms with Crippen LogP contribution in [0.4, 0.5) is 5.82 Å². The first kappa shape index (κ1) is 18.3. The zero-order valence-electron chi connectivity index (χ0n) is 15.5. The number of rotatable bonds is 4. The second kappa shape index (κ2) is 6.92. The lowest BCUT2D eigenvalue weighted by Gasteiger charge is -2.16. The van der Waals surface area contributed by atoms with Crippen LogP contribution < -0.4 is 10.5 Å². The first-order chi connectivity index (χ1) is 14.0. The Balaban J connectivity index is 1.50. The predicted molar refractivity (Wildman–Crippen MR) is 101 cm³/mol. The Labute approximate surface area is 165 Å². The number of aryl methyl sites for hydroxylation is 2. The average molecular weight is 399 g/mol. The van der Waals surface area contributed by atoms with Crippen molar-refractivity contribution in [1.82, 2.24) is 19.5 Å². The van der Waals surface area contributed by atoms with Crippen molar-refractivity contribution in [3.63, 3.8) is 0 Å². The lowest BCUT2D eigenvalue weighted by molar-refractivity contribution is -0.0511. The molecular weight excluding hydrogens is 378 g/mol. The number of hydrogen-bond acceptors (Lipinski definition) is 9. The van der Waals surface area contributed by atoms with Crippen molar-refractivity contribution >= 4 is 17.0 Å². The van der Waals surface area contributed by atoms with E-state index in [1.165, 1.54) is 22.0 Å². The Bertz CT molecular complexity index is 1070. The van der Waals surface area contributed by atoms with E-state index in [0.29, 0.717) is 16.9 Å². The molecule has 0 saturated carbocycles. The molecule has 10 nitrogen and oxygen atoms in total. The number of imidazole rings is 1. The van der Waals surface area contributed by atoms with Gasteiger partial charge >= 0.3 is 6.01 Å². The first-order valence-corrected chi connectivity index (χ1v) is 9.47. The molecule has 0 amide bonds. The number of anilines is 1. The number of nitrogens with zero attached hydrogens (tertiary/aromatic N) is 4. The van der Waals surface area contributed by atoms with Crippen molar-refractivity contribution < 1.29 is 24.8 Å². The van der Waals surface area contributed by atoms with Crippen LogP contribution in [-0.4, -0.2) is 59.8 Å². The minimum absolute atomic E-state index is 0.0430. The van der Waals surface area contributed by atoms with Crippen LogP contribution in [0.5, 0.6) is 11.8 Å². The minimum Gasteiger partial charge on any atom is -0.424 e. The molecule has 1 fully saturated rings. The molecule has 0 bridgehead atoms. The molecule has 4 atom stereocenters. The summed E-state index contributed by atoms with van der Waals surface area (Å²) in [6.07, 6.45) is 0.252. The van der Waals surface area contributed by atoms with Gasteiger partial charge < -0.3 is 30.5 Å². The third-order valence-corrected chi connectivity index (χ3v) is 5.50. The van der Waals surface area contributed by atoms with Gasteiger partial charge in [-0.25, -0.2) is 4.98 Å². The van der Waals surface area contributed by atoms with Crippen LogP contribution in [0.3, 0.4) is 0 Å². The number of ether oxygens (including phenoxy) is 2. The minimum atomic E-state index is -1.26. The summed E-state index contributed by atoms with van der Waals surface area (Å²) in [5, 5.41) is 29.7. The molecule has 10 heteroatoms. The number of nitrogens with two attached hydrogens (primary N) is 1. The van der Waals surface area contributed by atoms with E-state index in [4.69, 9.17) is 15.2 Å². The number of aromatic nitrogens is 4. The molecule has 1 aromatic carbocycles. The van der Waals surface area contributed by atoms with Crippen LogP contribution in [0, 0.1) is 0 Å². The van der Waals surface area contributed by atoms with Gasteiger partial charge in [0.05, 0.1) is 12.9 Å². The van der Waals surface area contributed by atoms with Crippen LogP contribution in [0.25, 0.3) is 11.2 Å². The van der Waals surface area contributed by atoms with Gasteiger partial charge in [0.15, 0.2) is 23.2 Å². The highest BCUT2D eigenvalue weighted by molar-refractivity contribution is 5.82. The van der Waals surface area contributed by atoms with Gasteiger partial charge in [-0.2, -0.15) is 9.97 Å². The maximum atomic E-state index is 10.3. The van der Waals surface area contributed by atoms with E-state index in [-0.39, 0.29) is 11.8 Å². The summed E-state index contributed by atoms with van der Waals surface area (Å²) in [5.41, 5.74) is 9.23. The van der Waals surface area contributed by atoms with Crippen LogP contribution in [0.15, 0.2) is 24.5 Å². The van der Waals surface area contributed by atoms with E-state index in [0.717, 1.165) is 19.3 Å². The molecule has 0 spiro atoms. The Morgan fingerprint density at radius 3 is 2.79 bits per heavy atom. The summed E-state index contributed by atoms with van der Waals surface area (Å²) in [4.78, 5) is 12.8. The Kier molecular flexibility index (Phi) is 4.36. The highest BCUT2D eigenvalue weighted by atomic mass is 16.6. The average Bonchev–Trinajstić information content (AvgIpc) is 3.40. The van der Waals surface area contributed by atoms with Crippen LogP contribution >= 0.6 is 0 Å². The van der Waals surface area contributed by atoms with Crippen molar-refractivity contribution in [3.05, 3.63) is 35.7 Å². The van der Waals surface area contributed by atoms with E-state index in [2.05, 4.69) is 15.0 Å². The molecule has 1 aliphatic heterocycles. The fourth-order valence-electron chi connectivity index (χ4n) is 3.98.